The van der Waals surface area contributed by atoms with E-state index in [1.54, 1.807) is 6.07 Å². The van der Waals surface area contributed by atoms with Crippen LogP contribution in [0.3, 0.4) is 0 Å². The minimum absolute atomic E-state index is 0.165. The molecule has 0 aromatic heterocycles. The van der Waals surface area contributed by atoms with Crippen LogP contribution >= 0.6 is 19.2 Å². The smallest absolute Gasteiger partial charge is 0.368 e. The molecule has 37 heavy (non-hydrogen) atoms. The van der Waals surface area contributed by atoms with Crippen molar-refractivity contribution in [1.29, 1.82) is 0 Å². The summed E-state index contributed by atoms with van der Waals surface area (Å²) in [7, 11) is -3.50. The lowest BCUT2D eigenvalue weighted by atomic mass is 9.93. The fourth-order valence-electron chi connectivity index (χ4n) is 4.95. The van der Waals surface area contributed by atoms with Gasteiger partial charge in [0, 0.05) is 11.4 Å². The molecule has 5 nitrogen and oxygen atoms in total. The Labute approximate surface area is 225 Å². The largest absolute Gasteiger partial charge is 0.508 e. The number of ether oxygens (including phenoxy) is 1. The zero-order valence-corrected chi connectivity index (χ0v) is 24.0. The van der Waals surface area contributed by atoms with Gasteiger partial charge in [0.2, 0.25) is 0 Å². The number of halogens is 1. The molecular formula is C30H36ClO5P. The Bertz CT molecular complexity index is 1310. The van der Waals surface area contributed by atoms with Crippen molar-refractivity contribution >= 4 is 19.2 Å². The van der Waals surface area contributed by atoms with Crippen LogP contribution < -0.4 is 4.74 Å². The maximum atomic E-state index is 13.6. The molecule has 1 saturated heterocycles. The number of phenols is 1. The maximum absolute atomic E-state index is 13.6. The SMILES string of the molecule is Cc1cc(OCP2(=O)OC(C)CC(c3cccc(Cl)c3C)O2)cc(C)c1Cc1ccc(O)c(C(C)C)c1. The van der Waals surface area contributed by atoms with Crippen molar-refractivity contribution in [1.82, 2.24) is 0 Å². The summed E-state index contributed by atoms with van der Waals surface area (Å²) in [4.78, 5) is 0. The first kappa shape index (κ1) is 27.7. The van der Waals surface area contributed by atoms with Gasteiger partial charge in [0.15, 0.2) is 6.35 Å². The van der Waals surface area contributed by atoms with Crippen molar-refractivity contribution in [2.45, 2.75) is 72.5 Å². The molecule has 0 saturated carbocycles. The molecule has 0 radical (unpaired) electrons. The standard InChI is InChI=1S/C30H36ClO5P/c1-18(2)26-15-23(10-11-29(26)32)16-27-19(3)12-24(13-20(27)4)34-17-37(33)35-21(5)14-30(36-37)25-8-7-9-28(31)22(25)6/h7-13,15,18,21,30,32H,14,16-17H2,1-6H3. The number of benzene rings is 3. The fraction of sp³-hybridized carbons (Fsp3) is 0.400. The van der Waals surface area contributed by atoms with Gasteiger partial charge < -0.3 is 14.4 Å². The van der Waals surface area contributed by atoms with E-state index in [4.69, 9.17) is 25.4 Å². The highest BCUT2D eigenvalue weighted by Gasteiger charge is 2.39. The molecule has 4 rings (SSSR count). The molecule has 3 aromatic carbocycles. The fourth-order valence-corrected chi connectivity index (χ4v) is 6.83. The lowest BCUT2D eigenvalue weighted by Gasteiger charge is -2.34. The average molecular weight is 543 g/mol. The third-order valence-electron chi connectivity index (χ3n) is 6.98. The van der Waals surface area contributed by atoms with E-state index in [1.807, 2.05) is 50.2 Å². The molecule has 0 amide bonds. The molecule has 7 heteroatoms. The first-order valence-corrected chi connectivity index (χ1v) is 14.8. The predicted octanol–water partition coefficient (Wildman–Crippen LogP) is 8.78. The average Bonchev–Trinajstić information content (AvgIpc) is 2.82. The highest BCUT2D eigenvalue weighted by Crippen LogP contribution is 2.58. The van der Waals surface area contributed by atoms with E-state index in [-0.39, 0.29) is 24.5 Å². The minimum Gasteiger partial charge on any atom is -0.508 e. The van der Waals surface area contributed by atoms with E-state index in [9.17, 15) is 9.67 Å². The first-order valence-electron chi connectivity index (χ1n) is 12.7. The van der Waals surface area contributed by atoms with Crippen molar-refractivity contribution < 1.29 is 23.5 Å². The summed E-state index contributed by atoms with van der Waals surface area (Å²) in [5, 5.41) is 10.8. The normalized spacial score (nSPS) is 21.8. The number of aromatic hydroxyl groups is 1. The lowest BCUT2D eigenvalue weighted by Crippen LogP contribution is -2.23. The summed E-state index contributed by atoms with van der Waals surface area (Å²) in [5.41, 5.74) is 7.31. The molecule has 0 aliphatic carbocycles. The van der Waals surface area contributed by atoms with Crippen molar-refractivity contribution in [2.24, 2.45) is 0 Å². The van der Waals surface area contributed by atoms with E-state index in [0.717, 1.165) is 39.8 Å². The summed E-state index contributed by atoms with van der Waals surface area (Å²) < 4.78 is 31.4. The van der Waals surface area contributed by atoms with Crippen molar-refractivity contribution in [3.05, 3.63) is 92.5 Å². The molecule has 3 unspecified atom stereocenters. The van der Waals surface area contributed by atoms with Gasteiger partial charge in [0.25, 0.3) is 0 Å². The Morgan fingerprint density at radius 3 is 2.46 bits per heavy atom. The van der Waals surface area contributed by atoms with Crippen LogP contribution in [0.15, 0.2) is 48.5 Å². The van der Waals surface area contributed by atoms with Crippen molar-refractivity contribution in [2.75, 3.05) is 6.35 Å². The Kier molecular flexibility index (Phi) is 8.40. The second-order valence-corrected chi connectivity index (χ2v) is 12.7. The van der Waals surface area contributed by atoms with E-state index < -0.39 is 7.60 Å². The van der Waals surface area contributed by atoms with Crippen LogP contribution in [0.2, 0.25) is 5.02 Å². The number of aryl methyl sites for hydroxylation is 2. The second kappa shape index (κ2) is 11.2. The molecule has 1 N–H and O–H groups in total. The van der Waals surface area contributed by atoms with Crippen LogP contribution in [0.5, 0.6) is 11.5 Å². The zero-order chi connectivity index (χ0) is 26.9. The lowest BCUT2D eigenvalue weighted by molar-refractivity contribution is 0.0318. The Hall–Kier alpha value is -2.30. The highest BCUT2D eigenvalue weighted by atomic mass is 35.5. The molecule has 1 heterocycles. The summed E-state index contributed by atoms with van der Waals surface area (Å²) >= 11 is 6.31. The van der Waals surface area contributed by atoms with Crippen LogP contribution in [0.25, 0.3) is 0 Å². The van der Waals surface area contributed by atoms with Gasteiger partial charge in [-0.15, -0.1) is 0 Å². The van der Waals surface area contributed by atoms with Crippen LogP contribution in [0.1, 0.15) is 78.2 Å². The van der Waals surface area contributed by atoms with Crippen molar-refractivity contribution in [3.63, 3.8) is 0 Å². The quantitative estimate of drug-likeness (QED) is 0.302. The third-order valence-corrected chi connectivity index (χ3v) is 9.10. The first-order chi connectivity index (χ1) is 17.5. The number of rotatable bonds is 7. The van der Waals surface area contributed by atoms with Gasteiger partial charge >= 0.3 is 7.60 Å². The van der Waals surface area contributed by atoms with Crippen LogP contribution in [0, 0.1) is 20.8 Å². The molecular weight excluding hydrogens is 507 g/mol. The highest BCUT2D eigenvalue weighted by molar-refractivity contribution is 7.53. The molecule has 0 spiro atoms. The van der Waals surface area contributed by atoms with Gasteiger partial charge in [-0.05, 0) is 103 Å². The number of hydrogen-bond donors (Lipinski definition) is 1. The molecule has 3 aromatic rings. The van der Waals surface area contributed by atoms with Gasteiger partial charge in [-0.1, -0.05) is 49.7 Å². The third kappa shape index (κ3) is 6.41. The van der Waals surface area contributed by atoms with Crippen molar-refractivity contribution in [3.8, 4) is 11.5 Å². The number of phenolic OH excluding ortho intramolecular Hbond substituents is 1. The van der Waals surface area contributed by atoms with Gasteiger partial charge in [-0.2, -0.15) is 0 Å². The summed E-state index contributed by atoms with van der Waals surface area (Å²) in [6, 6.07) is 15.4. The van der Waals surface area contributed by atoms with E-state index in [2.05, 4.69) is 33.8 Å². The van der Waals surface area contributed by atoms with Gasteiger partial charge in [-0.25, -0.2) is 0 Å². The van der Waals surface area contributed by atoms with Gasteiger partial charge in [0.05, 0.1) is 12.2 Å². The van der Waals surface area contributed by atoms with E-state index in [1.165, 1.54) is 5.56 Å². The monoisotopic (exact) mass is 542 g/mol. The minimum atomic E-state index is -3.50. The summed E-state index contributed by atoms with van der Waals surface area (Å²) in [6.45, 7) is 12.1. The Morgan fingerprint density at radius 2 is 1.78 bits per heavy atom. The maximum Gasteiger partial charge on any atom is 0.368 e. The molecule has 1 aliphatic heterocycles. The van der Waals surface area contributed by atoms with Gasteiger partial charge in [-0.3, -0.25) is 9.09 Å². The molecule has 0 bridgehead atoms. The number of hydrogen-bond acceptors (Lipinski definition) is 5. The summed E-state index contributed by atoms with van der Waals surface area (Å²) in [6.07, 6.45) is 0.568. The summed E-state index contributed by atoms with van der Waals surface area (Å²) in [5.74, 6) is 1.21. The van der Waals surface area contributed by atoms with E-state index in [0.29, 0.717) is 22.9 Å². The molecule has 198 valence electrons. The molecule has 1 fully saturated rings. The van der Waals surface area contributed by atoms with Crippen LogP contribution in [-0.4, -0.2) is 17.6 Å². The Balaban J connectivity index is 1.49. The zero-order valence-electron chi connectivity index (χ0n) is 22.4. The van der Waals surface area contributed by atoms with Gasteiger partial charge in [0.1, 0.15) is 11.5 Å². The molecule has 3 atom stereocenters. The van der Waals surface area contributed by atoms with E-state index >= 15 is 0 Å². The second-order valence-electron chi connectivity index (χ2n) is 10.3. The predicted molar refractivity (Wildman–Crippen MR) is 149 cm³/mol. The molecule has 1 aliphatic rings. The van der Waals surface area contributed by atoms with Crippen LogP contribution in [0.4, 0.5) is 0 Å². The van der Waals surface area contributed by atoms with Crippen LogP contribution in [-0.2, 0) is 20.0 Å². The topological polar surface area (TPSA) is 65.0 Å². The Morgan fingerprint density at radius 1 is 1.08 bits per heavy atom.